The minimum Gasteiger partial charge on any atom is -1.00 e. The molecule has 4 atom stereocenters. The lowest BCUT2D eigenvalue weighted by atomic mass is 9.85. The van der Waals surface area contributed by atoms with Crippen molar-refractivity contribution < 1.29 is 37.1 Å². The number of aliphatic hydroxyl groups is 2. The highest BCUT2D eigenvalue weighted by atomic mass is 35.5. The third-order valence-electron chi connectivity index (χ3n) is 4.77. The van der Waals surface area contributed by atoms with Crippen LogP contribution in [0.5, 0.6) is 0 Å². The topological polar surface area (TPSA) is 71.2 Å². The molecule has 5 nitrogen and oxygen atoms in total. The predicted molar refractivity (Wildman–Crippen MR) is 74.2 cm³/mol. The lowest BCUT2D eigenvalue weighted by Gasteiger charge is -2.32. The Balaban J connectivity index is 0.00000220. The van der Waals surface area contributed by atoms with Gasteiger partial charge in [0.15, 0.2) is 5.60 Å². The van der Waals surface area contributed by atoms with Gasteiger partial charge in [-0.25, -0.2) is 4.79 Å². The van der Waals surface area contributed by atoms with Gasteiger partial charge < -0.3 is 32.3 Å². The van der Waals surface area contributed by atoms with Crippen LogP contribution >= 0.6 is 0 Å². The van der Waals surface area contributed by atoms with E-state index in [1.165, 1.54) is 19.9 Å². The highest BCUT2D eigenvalue weighted by molar-refractivity contribution is 5.80. The Morgan fingerprint density at radius 2 is 2.19 bits per heavy atom. The van der Waals surface area contributed by atoms with Crippen molar-refractivity contribution in [3.8, 4) is 0 Å². The number of aliphatic hydroxyl groups excluding tert-OH is 1. The standard InChI is InChI=1S/C15H25NO4.ClH/c1-10(2)15(19,11(3)17)14(18)20-9-12-6-8-16-7-4-5-13(12)16;/h6,10-11,13,17,19H,4-5,7-9H2,1-3H3;1H/t11-,13+,15+;/m0./s1. The highest BCUT2D eigenvalue weighted by Crippen LogP contribution is 2.24. The van der Waals surface area contributed by atoms with Crippen molar-refractivity contribution in [1.29, 1.82) is 0 Å². The smallest absolute Gasteiger partial charge is 0.341 e. The second kappa shape index (κ2) is 7.09. The molecule has 1 saturated heterocycles. The van der Waals surface area contributed by atoms with Gasteiger partial charge in [0.1, 0.15) is 12.6 Å². The van der Waals surface area contributed by atoms with Gasteiger partial charge in [0, 0.05) is 18.4 Å². The zero-order valence-corrected chi connectivity index (χ0v) is 13.7. The van der Waals surface area contributed by atoms with E-state index < -0.39 is 23.6 Å². The maximum absolute atomic E-state index is 12.1. The number of esters is 1. The molecule has 0 aliphatic carbocycles. The molecule has 2 aliphatic heterocycles. The average molecular weight is 320 g/mol. The largest absolute Gasteiger partial charge is 1.00 e. The number of carbonyl (C=O) groups excluding carboxylic acids is 1. The third-order valence-corrected chi connectivity index (χ3v) is 4.77. The Bertz CT molecular complexity index is 400. The Kier molecular flexibility index (Phi) is 6.23. The van der Waals surface area contributed by atoms with Crippen LogP contribution < -0.4 is 17.3 Å². The van der Waals surface area contributed by atoms with Gasteiger partial charge in [0.05, 0.1) is 19.2 Å². The number of quaternary nitrogens is 1. The van der Waals surface area contributed by atoms with Gasteiger partial charge in [0.2, 0.25) is 0 Å². The maximum Gasteiger partial charge on any atom is 0.341 e. The van der Waals surface area contributed by atoms with Crippen molar-refractivity contribution in [2.24, 2.45) is 5.92 Å². The summed E-state index contributed by atoms with van der Waals surface area (Å²) in [7, 11) is 0. The second-order valence-corrected chi connectivity index (χ2v) is 6.32. The van der Waals surface area contributed by atoms with E-state index in [1.54, 1.807) is 18.7 Å². The molecule has 2 heterocycles. The van der Waals surface area contributed by atoms with Crippen molar-refractivity contribution in [3.63, 3.8) is 0 Å². The molecule has 0 aromatic carbocycles. The number of hydrogen-bond donors (Lipinski definition) is 3. The predicted octanol–water partition coefficient (Wildman–Crippen LogP) is -3.71. The first-order chi connectivity index (χ1) is 9.37. The third kappa shape index (κ3) is 3.42. The van der Waals surface area contributed by atoms with Gasteiger partial charge >= 0.3 is 5.97 Å². The van der Waals surface area contributed by atoms with Gasteiger partial charge in [-0.2, -0.15) is 0 Å². The molecule has 122 valence electrons. The quantitative estimate of drug-likeness (QED) is 0.360. The van der Waals surface area contributed by atoms with Gasteiger partial charge in [-0.15, -0.1) is 0 Å². The molecular weight excluding hydrogens is 294 g/mol. The van der Waals surface area contributed by atoms with Crippen molar-refractivity contribution in [2.45, 2.75) is 51.4 Å². The normalized spacial score (nSPS) is 28.4. The molecule has 0 saturated carbocycles. The van der Waals surface area contributed by atoms with Crippen LogP contribution in [0.2, 0.25) is 0 Å². The molecule has 0 aromatic heterocycles. The Hall–Kier alpha value is -0.620. The number of hydrogen-bond acceptors (Lipinski definition) is 4. The zero-order valence-electron chi connectivity index (χ0n) is 12.9. The minimum atomic E-state index is -1.83. The van der Waals surface area contributed by atoms with Crippen molar-refractivity contribution in [1.82, 2.24) is 0 Å². The molecular formula is C15H26ClNO4. The van der Waals surface area contributed by atoms with Crippen LogP contribution in [0.15, 0.2) is 11.6 Å². The summed E-state index contributed by atoms with van der Waals surface area (Å²) in [6.45, 7) is 7.23. The summed E-state index contributed by atoms with van der Waals surface area (Å²) >= 11 is 0. The van der Waals surface area contributed by atoms with E-state index >= 15 is 0 Å². The van der Waals surface area contributed by atoms with E-state index in [9.17, 15) is 15.0 Å². The molecule has 0 bridgehead atoms. The summed E-state index contributed by atoms with van der Waals surface area (Å²) < 4.78 is 5.29. The first-order valence-electron chi connectivity index (χ1n) is 7.48. The lowest BCUT2D eigenvalue weighted by molar-refractivity contribution is -0.895. The fourth-order valence-corrected chi connectivity index (χ4v) is 3.32. The van der Waals surface area contributed by atoms with Crippen molar-refractivity contribution >= 4 is 5.97 Å². The van der Waals surface area contributed by atoms with E-state index in [-0.39, 0.29) is 19.0 Å². The Morgan fingerprint density at radius 3 is 2.76 bits per heavy atom. The number of ether oxygens (including phenoxy) is 1. The van der Waals surface area contributed by atoms with E-state index in [4.69, 9.17) is 4.74 Å². The first-order valence-corrected chi connectivity index (χ1v) is 7.48. The zero-order chi connectivity index (χ0) is 14.9. The summed E-state index contributed by atoms with van der Waals surface area (Å²) in [6, 6.07) is 0.474. The number of halogens is 1. The number of nitrogens with one attached hydrogen (secondary N) is 1. The van der Waals surface area contributed by atoms with Crippen LogP contribution in [0.4, 0.5) is 0 Å². The van der Waals surface area contributed by atoms with E-state index in [0.29, 0.717) is 6.04 Å². The summed E-state index contributed by atoms with van der Waals surface area (Å²) in [5, 5.41) is 20.0. The summed E-state index contributed by atoms with van der Waals surface area (Å²) in [4.78, 5) is 13.7. The minimum absolute atomic E-state index is 0. The average Bonchev–Trinajstić information content (AvgIpc) is 2.97. The number of rotatable bonds is 5. The molecule has 2 aliphatic rings. The Labute approximate surface area is 132 Å². The summed E-state index contributed by atoms with van der Waals surface area (Å²) in [5.41, 5.74) is -0.677. The van der Waals surface area contributed by atoms with Gasteiger partial charge in [0.25, 0.3) is 0 Å². The molecule has 21 heavy (non-hydrogen) atoms. The van der Waals surface area contributed by atoms with Crippen LogP contribution in [-0.2, 0) is 9.53 Å². The second-order valence-electron chi connectivity index (χ2n) is 6.32. The summed E-state index contributed by atoms with van der Waals surface area (Å²) in [6.07, 6.45) is 3.35. The molecule has 2 rings (SSSR count). The van der Waals surface area contributed by atoms with E-state index in [2.05, 4.69) is 6.08 Å². The van der Waals surface area contributed by atoms with E-state index in [0.717, 1.165) is 18.5 Å². The molecule has 0 aromatic rings. The SMILES string of the molecule is CC(C)[C@](O)(C(=O)OCC1=CC[NH+]2CCC[C@H]12)[C@H](C)O.[Cl-]. The first kappa shape index (κ1) is 18.4. The number of fused-ring (bicyclic) bond motifs is 1. The molecule has 1 fully saturated rings. The molecule has 0 amide bonds. The fourth-order valence-electron chi connectivity index (χ4n) is 3.32. The van der Waals surface area contributed by atoms with Crippen molar-refractivity contribution in [2.75, 3.05) is 19.7 Å². The van der Waals surface area contributed by atoms with E-state index in [1.807, 2.05) is 0 Å². The van der Waals surface area contributed by atoms with Gasteiger partial charge in [-0.1, -0.05) is 13.8 Å². The molecule has 3 N–H and O–H groups in total. The lowest BCUT2D eigenvalue weighted by Crippen LogP contribution is -3.12. The monoisotopic (exact) mass is 319 g/mol. The fraction of sp³-hybridized carbons (Fsp3) is 0.800. The Morgan fingerprint density at radius 1 is 1.52 bits per heavy atom. The van der Waals surface area contributed by atoms with Crippen LogP contribution in [0, 0.1) is 5.92 Å². The van der Waals surface area contributed by atoms with Crippen LogP contribution in [0.25, 0.3) is 0 Å². The van der Waals surface area contributed by atoms with Gasteiger partial charge in [-0.3, -0.25) is 0 Å². The molecule has 0 spiro atoms. The van der Waals surface area contributed by atoms with Crippen LogP contribution in [0.1, 0.15) is 33.6 Å². The van der Waals surface area contributed by atoms with Crippen molar-refractivity contribution in [3.05, 3.63) is 11.6 Å². The number of carbonyl (C=O) groups is 1. The molecule has 0 radical (unpaired) electrons. The van der Waals surface area contributed by atoms with Crippen LogP contribution in [0.3, 0.4) is 0 Å². The highest BCUT2D eigenvalue weighted by Gasteiger charge is 2.46. The van der Waals surface area contributed by atoms with Crippen LogP contribution in [-0.4, -0.2) is 53.6 Å². The molecule has 1 unspecified atom stereocenters. The maximum atomic E-state index is 12.1. The van der Waals surface area contributed by atoms with Gasteiger partial charge in [-0.05, 0) is 18.9 Å². The molecule has 6 heteroatoms. The summed E-state index contributed by atoms with van der Waals surface area (Å²) in [5.74, 6) is -1.13.